The molecule has 2 N–H and O–H groups in total. The normalized spacial score (nSPS) is 10.6. The molecule has 110 valence electrons. The van der Waals surface area contributed by atoms with Crippen molar-refractivity contribution in [2.24, 2.45) is 0 Å². The quantitative estimate of drug-likeness (QED) is 0.770. The Labute approximate surface area is 125 Å². The van der Waals surface area contributed by atoms with Gasteiger partial charge >= 0.3 is 5.97 Å². The summed E-state index contributed by atoms with van der Waals surface area (Å²) in [7, 11) is 0. The number of rotatable bonds is 3. The molecule has 3 aromatic rings. The molecule has 0 atom stereocenters. The van der Waals surface area contributed by atoms with Crippen molar-refractivity contribution in [3.05, 3.63) is 59.5 Å². The number of pyridine rings is 1. The highest BCUT2D eigenvalue weighted by Crippen LogP contribution is 2.13. The summed E-state index contributed by atoms with van der Waals surface area (Å²) in [6.45, 7) is 1.79. The van der Waals surface area contributed by atoms with Crippen LogP contribution >= 0.6 is 0 Å². The number of anilines is 1. The predicted molar refractivity (Wildman–Crippen MR) is 79.1 cm³/mol. The van der Waals surface area contributed by atoms with Crippen LogP contribution in [-0.4, -0.2) is 31.6 Å². The van der Waals surface area contributed by atoms with Gasteiger partial charge in [-0.3, -0.25) is 9.20 Å². The molecule has 0 fully saturated rings. The van der Waals surface area contributed by atoms with Crippen molar-refractivity contribution in [1.82, 2.24) is 14.6 Å². The first-order valence-electron chi connectivity index (χ1n) is 6.51. The summed E-state index contributed by atoms with van der Waals surface area (Å²) < 4.78 is 1.71. The first-order valence-corrected chi connectivity index (χ1v) is 6.51. The molecule has 0 aliphatic rings. The number of fused-ring (bicyclic) bond motifs is 1. The molecule has 1 amide bonds. The number of carbonyl (C=O) groups excluding carboxylic acids is 1. The van der Waals surface area contributed by atoms with E-state index >= 15 is 0 Å². The third-order valence-corrected chi connectivity index (χ3v) is 3.20. The summed E-state index contributed by atoms with van der Waals surface area (Å²) in [5, 5.41) is 19.5. The molecule has 0 saturated heterocycles. The maximum atomic E-state index is 12.3. The van der Waals surface area contributed by atoms with E-state index in [1.54, 1.807) is 41.8 Å². The van der Waals surface area contributed by atoms with Crippen LogP contribution in [0.15, 0.2) is 42.6 Å². The van der Waals surface area contributed by atoms with E-state index in [0.29, 0.717) is 22.7 Å². The Balaban J connectivity index is 1.88. The lowest BCUT2D eigenvalue weighted by Gasteiger charge is -2.06. The minimum Gasteiger partial charge on any atom is -0.478 e. The van der Waals surface area contributed by atoms with Crippen molar-refractivity contribution in [1.29, 1.82) is 0 Å². The fourth-order valence-electron chi connectivity index (χ4n) is 2.07. The van der Waals surface area contributed by atoms with Gasteiger partial charge in [-0.2, -0.15) is 0 Å². The highest BCUT2D eigenvalue weighted by molar-refractivity contribution is 6.04. The zero-order chi connectivity index (χ0) is 15.7. The van der Waals surface area contributed by atoms with E-state index in [1.807, 2.05) is 0 Å². The number of aryl methyl sites for hydroxylation is 1. The van der Waals surface area contributed by atoms with Gasteiger partial charge in [0.05, 0.1) is 11.1 Å². The Morgan fingerprint density at radius 1 is 1.14 bits per heavy atom. The highest BCUT2D eigenvalue weighted by atomic mass is 16.4. The Bertz CT molecular complexity index is 885. The SMILES string of the molecule is Cc1nnc2ccc(C(=O)Nc3cccc(C(=O)O)c3)cn12. The number of nitrogens with zero attached hydrogens (tertiary/aromatic N) is 3. The van der Waals surface area contributed by atoms with Crippen LogP contribution in [0.3, 0.4) is 0 Å². The smallest absolute Gasteiger partial charge is 0.335 e. The van der Waals surface area contributed by atoms with Crippen molar-refractivity contribution < 1.29 is 14.7 Å². The van der Waals surface area contributed by atoms with Crippen LogP contribution in [0.5, 0.6) is 0 Å². The minimum absolute atomic E-state index is 0.114. The van der Waals surface area contributed by atoms with Crippen molar-refractivity contribution in [2.45, 2.75) is 6.92 Å². The van der Waals surface area contributed by atoms with Crippen LogP contribution in [0.2, 0.25) is 0 Å². The predicted octanol–water partition coefficient (Wildman–Crippen LogP) is 1.99. The highest BCUT2D eigenvalue weighted by Gasteiger charge is 2.10. The molecule has 3 rings (SSSR count). The lowest BCUT2D eigenvalue weighted by molar-refractivity contribution is 0.0696. The first kappa shape index (κ1) is 13.7. The van der Waals surface area contributed by atoms with Crippen LogP contribution < -0.4 is 5.32 Å². The molecule has 7 nitrogen and oxygen atoms in total. The standard InChI is InChI=1S/C15H12N4O3/c1-9-17-18-13-6-5-11(8-19(9)13)14(20)16-12-4-2-3-10(7-12)15(21)22/h2-8H,1H3,(H,16,20)(H,21,22). The molecule has 2 heterocycles. The zero-order valence-corrected chi connectivity index (χ0v) is 11.6. The second-order valence-electron chi connectivity index (χ2n) is 4.73. The molecule has 0 aliphatic carbocycles. The minimum atomic E-state index is -1.04. The van der Waals surface area contributed by atoms with E-state index in [1.165, 1.54) is 12.1 Å². The number of hydrogen-bond donors (Lipinski definition) is 2. The average Bonchev–Trinajstić information content (AvgIpc) is 2.88. The second-order valence-corrected chi connectivity index (χ2v) is 4.73. The molecule has 0 radical (unpaired) electrons. The van der Waals surface area contributed by atoms with Gasteiger partial charge in [0, 0.05) is 11.9 Å². The third kappa shape index (κ3) is 2.51. The van der Waals surface area contributed by atoms with Crippen molar-refractivity contribution >= 4 is 23.2 Å². The zero-order valence-electron chi connectivity index (χ0n) is 11.6. The maximum Gasteiger partial charge on any atom is 0.335 e. The maximum absolute atomic E-state index is 12.3. The number of aromatic nitrogens is 3. The number of nitrogens with one attached hydrogen (secondary N) is 1. The lowest BCUT2D eigenvalue weighted by Crippen LogP contribution is -2.13. The van der Waals surface area contributed by atoms with E-state index in [4.69, 9.17) is 5.11 Å². The number of aromatic carboxylic acids is 1. The van der Waals surface area contributed by atoms with E-state index in [9.17, 15) is 9.59 Å². The van der Waals surface area contributed by atoms with Crippen molar-refractivity contribution in [2.75, 3.05) is 5.32 Å². The van der Waals surface area contributed by atoms with Crippen LogP contribution in [0, 0.1) is 6.92 Å². The van der Waals surface area contributed by atoms with Gasteiger partial charge in [-0.15, -0.1) is 10.2 Å². The van der Waals surface area contributed by atoms with Gasteiger partial charge in [0.2, 0.25) is 0 Å². The molecule has 0 saturated carbocycles. The van der Waals surface area contributed by atoms with E-state index in [0.717, 1.165) is 0 Å². The summed E-state index contributed by atoms with van der Waals surface area (Å²) in [5.41, 5.74) is 1.62. The fraction of sp³-hybridized carbons (Fsp3) is 0.0667. The summed E-state index contributed by atoms with van der Waals surface area (Å²) >= 11 is 0. The largest absolute Gasteiger partial charge is 0.478 e. The average molecular weight is 296 g/mol. The molecule has 0 unspecified atom stereocenters. The fourth-order valence-corrected chi connectivity index (χ4v) is 2.07. The van der Waals surface area contributed by atoms with Crippen LogP contribution in [0.4, 0.5) is 5.69 Å². The number of carbonyl (C=O) groups is 2. The summed E-state index contributed by atoms with van der Waals surface area (Å²) in [6, 6.07) is 9.41. The monoisotopic (exact) mass is 296 g/mol. The topological polar surface area (TPSA) is 96.6 Å². The van der Waals surface area contributed by atoms with Crippen LogP contribution in [-0.2, 0) is 0 Å². The Morgan fingerprint density at radius 2 is 1.95 bits per heavy atom. The lowest BCUT2D eigenvalue weighted by atomic mass is 10.2. The van der Waals surface area contributed by atoms with E-state index in [2.05, 4.69) is 15.5 Å². The first-order chi connectivity index (χ1) is 10.5. The summed E-state index contributed by atoms with van der Waals surface area (Å²) in [6.07, 6.45) is 1.64. The molecule has 7 heteroatoms. The second kappa shape index (κ2) is 5.28. The van der Waals surface area contributed by atoms with Gasteiger partial charge in [-0.05, 0) is 37.3 Å². The van der Waals surface area contributed by atoms with Gasteiger partial charge in [0.25, 0.3) is 5.91 Å². The number of carboxylic acids is 1. The number of amides is 1. The Kier molecular flexibility index (Phi) is 3.30. The molecular formula is C15H12N4O3. The van der Waals surface area contributed by atoms with Gasteiger partial charge in [0.15, 0.2) is 5.65 Å². The van der Waals surface area contributed by atoms with Gasteiger partial charge in [-0.25, -0.2) is 4.79 Å². The Hall–Kier alpha value is -3.22. The summed E-state index contributed by atoms with van der Waals surface area (Å²) in [4.78, 5) is 23.2. The number of carboxylic acid groups (broad SMARTS) is 1. The van der Waals surface area contributed by atoms with Crippen molar-refractivity contribution in [3.8, 4) is 0 Å². The number of benzene rings is 1. The molecule has 0 bridgehead atoms. The van der Waals surface area contributed by atoms with Crippen molar-refractivity contribution in [3.63, 3.8) is 0 Å². The number of hydrogen-bond acceptors (Lipinski definition) is 4. The van der Waals surface area contributed by atoms with E-state index < -0.39 is 5.97 Å². The van der Waals surface area contributed by atoms with E-state index in [-0.39, 0.29) is 11.5 Å². The molecule has 0 spiro atoms. The summed E-state index contributed by atoms with van der Waals surface area (Å²) in [5.74, 6) is -0.701. The molecule has 1 aromatic carbocycles. The van der Waals surface area contributed by atoms with Crippen LogP contribution in [0.25, 0.3) is 5.65 Å². The van der Waals surface area contributed by atoms with Gasteiger partial charge in [-0.1, -0.05) is 6.07 Å². The Morgan fingerprint density at radius 3 is 2.73 bits per heavy atom. The van der Waals surface area contributed by atoms with Crippen LogP contribution in [0.1, 0.15) is 26.5 Å². The third-order valence-electron chi connectivity index (χ3n) is 3.20. The molecule has 0 aliphatic heterocycles. The van der Waals surface area contributed by atoms with Gasteiger partial charge in [0.1, 0.15) is 5.82 Å². The van der Waals surface area contributed by atoms with Gasteiger partial charge < -0.3 is 10.4 Å². The molecule has 22 heavy (non-hydrogen) atoms. The molecular weight excluding hydrogens is 284 g/mol. The molecule has 2 aromatic heterocycles.